The highest BCUT2D eigenvalue weighted by atomic mass is 16.6. The summed E-state index contributed by atoms with van der Waals surface area (Å²) in [5.74, 6) is -0.278. The lowest BCUT2D eigenvalue weighted by Gasteiger charge is -2.22. The quantitative estimate of drug-likeness (QED) is 0.663. The third-order valence-corrected chi connectivity index (χ3v) is 5.35. The molecule has 1 N–H and O–H groups in total. The Morgan fingerprint density at radius 2 is 2.20 bits per heavy atom. The van der Waals surface area contributed by atoms with E-state index < -0.39 is 0 Å². The van der Waals surface area contributed by atoms with E-state index in [4.69, 9.17) is 4.84 Å². The highest BCUT2D eigenvalue weighted by molar-refractivity contribution is 6.00. The van der Waals surface area contributed by atoms with Crippen LogP contribution in [-0.2, 0) is 4.84 Å². The number of benzene rings is 1. The summed E-state index contributed by atoms with van der Waals surface area (Å²) in [4.78, 5) is 24.0. The van der Waals surface area contributed by atoms with Gasteiger partial charge in [0, 0.05) is 12.0 Å². The summed E-state index contributed by atoms with van der Waals surface area (Å²) in [5, 5.41) is 27.2. The number of carbonyl (C=O) groups excluding carboxylic acids is 1. The molecule has 0 bridgehead atoms. The zero-order valence-corrected chi connectivity index (χ0v) is 16.6. The summed E-state index contributed by atoms with van der Waals surface area (Å²) in [7, 11) is 1.45. The van der Waals surface area contributed by atoms with E-state index in [1.807, 2.05) is 25.1 Å². The first-order valence-electron chi connectivity index (χ1n) is 9.42. The van der Waals surface area contributed by atoms with Crippen LogP contribution >= 0.6 is 0 Å². The maximum Gasteiger partial charge on any atom is 0.273 e. The zero-order valence-electron chi connectivity index (χ0n) is 16.6. The summed E-state index contributed by atoms with van der Waals surface area (Å²) in [6.45, 7) is 1.99. The Bertz CT molecular complexity index is 1190. The molecule has 1 fully saturated rings. The van der Waals surface area contributed by atoms with E-state index in [0.717, 1.165) is 16.7 Å². The number of nitriles is 1. The number of fused-ring (bicyclic) bond motifs is 1. The molecule has 1 unspecified atom stereocenters. The molecule has 2 aromatic heterocycles. The highest BCUT2D eigenvalue weighted by Crippen LogP contribution is 2.29. The summed E-state index contributed by atoms with van der Waals surface area (Å²) in [6.07, 6.45) is 1.85. The Balaban J connectivity index is 1.78. The van der Waals surface area contributed by atoms with Crippen LogP contribution in [0.15, 0.2) is 41.8 Å². The lowest BCUT2D eigenvalue weighted by Crippen LogP contribution is -2.38. The molecule has 0 spiro atoms. The van der Waals surface area contributed by atoms with Crippen LogP contribution < -0.4 is 0 Å². The molecule has 3 aromatic rings. The summed E-state index contributed by atoms with van der Waals surface area (Å²) in [5.41, 5.74) is 4.60. The Labute approximate surface area is 172 Å². The molecular formula is C21H20N6O3. The smallest absolute Gasteiger partial charge is 0.273 e. The molecule has 30 heavy (non-hydrogen) atoms. The number of nitrogens with zero attached hydrogens (tertiary/aromatic N) is 6. The average Bonchev–Trinajstić information content (AvgIpc) is 3.40. The topological polar surface area (TPSA) is 116 Å². The summed E-state index contributed by atoms with van der Waals surface area (Å²) >= 11 is 0. The summed E-state index contributed by atoms with van der Waals surface area (Å²) < 4.78 is 1.50. The molecule has 0 aliphatic carbocycles. The molecule has 4 rings (SSSR count). The van der Waals surface area contributed by atoms with Gasteiger partial charge in [0.05, 0.1) is 36.5 Å². The van der Waals surface area contributed by atoms with Gasteiger partial charge < -0.3 is 14.8 Å². The van der Waals surface area contributed by atoms with Crippen molar-refractivity contribution in [3.8, 4) is 17.2 Å². The first-order chi connectivity index (χ1) is 14.6. The first kappa shape index (κ1) is 19.5. The third-order valence-electron chi connectivity index (χ3n) is 5.35. The Hall–Kier alpha value is -3.77. The minimum Gasteiger partial charge on any atom is -0.399 e. The SMILES string of the molecule is CO/N=C1/CC(CO)N(C(=O)c2ccc(-c3cccc(C#N)c3C)c3ncnn23)C1. The van der Waals surface area contributed by atoms with Gasteiger partial charge in [-0.25, -0.2) is 9.50 Å². The van der Waals surface area contributed by atoms with Gasteiger partial charge in [0.2, 0.25) is 0 Å². The van der Waals surface area contributed by atoms with Crippen LogP contribution in [-0.4, -0.2) is 62.5 Å². The number of pyridine rings is 1. The van der Waals surface area contributed by atoms with Crippen LogP contribution in [0.3, 0.4) is 0 Å². The minimum atomic E-state index is -0.376. The van der Waals surface area contributed by atoms with Gasteiger partial charge in [0.25, 0.3) is 5.91 Å². The van der Waals surface area contributed by atoms with E-state index in [1.54, 1.807) is 17.0 Å². The minimum absolute atomic E-state index is 0.173. The Kier molecular flexibility index (Phi) is 5.16. The maximum atomic E-state index is 13.3. The molecule has 1 aliphatic rings. The number of carbonyl (C=O) groups is 1. The van der Waals surface area contributed by atoms with Crippen molar-refractivity contribution in [1.82, 2.24) is 19.5 Å². The predicted octanol–water partition coefficient (Wildman–Crippen LogP) is 1.79. The standard InChI is InChI=1S/C21H20N6O3/c1-13-14(9-22)4-3-5-17(13)18-6-7-19(27-20(18)23-12-24-27)21(29)26-10-15(25-30-2)8-16(26)11-28/h3-7,12,16,28H,8,10-11H2,1-2H3/b25-15-. The van der Waals surface area contributed by atoms with Gasteiger partial charge in [0.15, 0.2) is 5.65 Å². The number of hydrogen-bond acceptors (Lipinski definition) is 7. The summed E-state index contributed by atoms with van der Waals surface area (Å²) in [6, 6.07) is 10.8. The van der Waals surface area contributed by atoms with Crippen LogP contribution in [0.5, 0.6) is 0 Å². The molecule has 0 saturated carbocycles. The lowest BCUT2D eigenvalue weighted by molar-refractivity contribution is 0.0671. The molecule has 3 heterocycles. The molecule has 1 aromatic carbocycles. The molecule has 1 atom stereocenters. The second-order valence-electron chi connectivity index (χ2n) is 7.03. The van der Waals surface area contributed by atoms with E-state index in [1.165, 1.54) is 18.0 Å². The van der Waals surface area contributed by atoms with E-state index in [0.29, 0.717) is 29.0 Å². The first-order valence-corrected chi connectivity index (χ1v) is 9.42. The zero-order chi connectivity index (χ0) is 21.3. The molecule has 152 valence electrons. The number of aromatic nitrogens is 3. The number of amides is 1. The number of hydrogen-bond donors (Lipinski definition) is 1. The van der Waals surface area contributed by atoms with Crippen molar-refractivity contribution in [2.75, 3.05) is 20.3 Å². The van der Waals surface area contributed by atoms with Crippen LogP contribution in [0.1, 0.15) is 28.0 Å². The Morgan fingerprint density at radius 1 is 1.37 bits per heavy atom. The fourth-order valence-corrected chi connectivity index (χ4v) is 3.85. The third kappa shape index (κ3) is 3.17. The van der Waals surface area contributed by atoms with Crippen molar-refractivity contribution in [1.29, 1.82) is 5.26 Å². The van der Waals surface area contributed by atoms with E-state index >= 15 is 0 Å². The normalized spacial score (nSPS) is 17.5. The average molecular weight is 404 g/mol. The molecule has 1 saturated heterocycles. The molecule has 9 nitrogen and oxygen atoms in total. The van der Waals surface area contributed by atoms with Gasteiger partial charge in [-0.2, -0.15) is 10.4 Å². The van der Waals surface area contributed by atoms with E-state index in [-0.39, 0.29) is 25.1 Å². The van der Waals surface area contributed by atoms with Crippen molar-refractivity contribution in [3.63, 3.8) is 0 Å². The van der Waals surface area contributed by atoms with E-state index in [9.17, 15) is 15.2 Å². The fourth-order valence-electron chi connectivity index (χ4n) is 3.85. The fraction of sp³-hybridized carbons (Fsp3) is 0.286. The molecule has 9 heteroatoms. The maximum absolute atomic E-state index is 13.3. The van der Waals surface area contributed by atoms with Crippen LogP contribution in [0.2, 0.25) is 0 Å². The van der Waals surface area contributed by atoms with E-state index in [2.05, 4.69) is 21.3 Å². The van der Waals surface area contributed by atoms with Gasteiger partial charge in [-0.05, 0) is 36.2 Å². The van der Waals surface area contributed by atoms with Crippen molar-refractivity contribution in [3.05, 3.63) is 53.5 Å². The van der Waals surface area contributed by atoms with Gasteiger partial charge in [0.1, 0.15) is 19.1 Å². The van der Waals surface area contributed by atoms with Crippen molar-refractivity contribution < 1.29 is 14.7 Å². The number of oxime groups is 1. The van der Waals surface area contributed by atoms with Crippen LogP contribution in [0.25, 0.3) is 16.8 Å². The number of aliphatic hydroxyl groups excluding tert-OH is 1. The second kappa shape index (κ2) is 7.93. The second-order valence-corrected chi connectivity index (χ2v) is 7.03. The van der Waals surface area contributed by atoms with Crippen molar-refractivity contribution in [2.45, 2.75) is 19.4 Å². The monoisotopic (exact) mass is 404 g/mol. The Morgan fingerprint density at radius 3 is 2.93 bits per heavy atom. The number of likely N-dealkylation sites (tertiary alicyclic amines) is 1. The predicted molar refractivity (Wildman–Crippen MR) is 109 cm³/mol. The van der Waals surface area contributed by atoms with Crippen LogP contribution in [0, 0.1) is 18.3 Å². The number of aliphatic hydroxyl groups is 1. The molecule has 1 amide bonds. The molecule has 0 radical (unpaired) electrons. The van der Waals surface area contributed by atoms with Gasteiger partial charge in [-0.15, -0.1) is 0 Å². The number of rotatable bonds is 4. The van der Waals surface area contributed by atoms with Crippen molar-refractivity contribution in [2.24, 2.45) is 5.16 Å². The van der Waals surface area contributed by atoms with Gasteiger partial charge >= 0.3 is 0 Å². The largest absolute Gasteiger partial charge is 0.399 e. The van der Waals surface area contributed by atoms with Gasteiger partial charge in [-0.3, -0.25) is 4.79 Å². The van der Waals surface area contributed by atoms with Gasteiger partial charge in [-0.1, -0.05) is 17.3 Å². The molecular weight excluding hydrogens is 384 g/mol. The lowest BCUT2D eigenvalue weighted by atomic mass is 9.97. The van der Waals surface area contributed by atoms with Crippen LogP contribution in [0.4, 0.5) is 0 Å². The molecule has 1 aliphatic heterocycles. The highest BCUT2D eigenvalue weighted by Gasteiger charge is 2.34. The van der Waals surface area contributed by atoms with Crippen molar-refractivity contribution >= 4 is 17.3 Å².